The fraction of sp³-hybridized carbons (Fsp3) is 0.750. The van der Waals surface area contributed by atoms with Gasteiger partial charge in [0.25, 0.3) is 0 Å². The van der Waals surface area contributed by atoms with Crippen molar-refractivity contribution in [1.29, 1.82) is 0 Å². The summed E-state index contributed by atoms with van der Waals surface area (Å²) < 4.78 is 6.55. The van der Waals surface area contributed by atoms with Gasteiger partial charge < -0.3 is 9.84 Å². The molecule has 2 atom stereocenters. The first-order valence-electron chi connectivity index (χ1n) is 10.6. The van der Waals surface area contributed by atoms with Crippen molar-refractivity contribution in [3.63, 3.8) is 0 Å². The highest BCUT2D eigenvalue weighted by molar-refractivity contribution is 5.58. The molecule has 0 unspecified atom stereocenters. The summed E-state index contributed by atoms with van der Waals surface area (Å²) in [4.78, 5) is 0. The van der Waals surface area contributed by atoms with Crippen LogP contribution in [0, 0.1) is 32.6 Å². The third kappa shape index (κ3) is 4.96. The van der Waals surface area contributed by atoms with E-state index in [1.54, 1.807) is 0 Å². The smallest absolute Gasteiger partial charge is 0.127 e. The number of hydrogen-bond donors (Lipinski definition) is 1. The molecule has 1 aliphatic heterocycles. The number of rotatable bonds is 8. The van der Waals surface area contributed by atoms with Gasteiger partial charge in [-0.1, -0.05) is 46.5 Å². The van der Waals surface area contributed by atoms with Crippen molar-refractivity contribution in [2.24, 2.45) is 11.8 Å². The van der Waals surface area contributed by atoms with Crippen molar-refractivity contribution in [3.8, 4) is 11.5 Å². The third-order valence-corrected chi connectivity index (χ3v) is 6.47. The minimum Gasteiger partial charge on any atom is -0.507 e. The molecule has 0 amide bonds. The van der Waals surface area contributed by atoms with Crippen molar-refractivity contribution >= 4 is 0 Å². The molecule has 1 N–H and O–H groups in total. The van der Waals surface area contributed by atoms with Crippen LogP contribution in [0.2, 0.25) is 0 Å². The van der Waals surface area contributed by atoms with E-state index in [9.17, 15) is 5.11 Å². The Bertz CT molecular complexity index is 617. The number of hydrogen-bond acceptors (Lipinski definition) is 2. The highest BCUT2D eigenvalue weighted by Crippen LogP contribution is 2.44. The van der Waals surface area contributed by atoms with Crippen molar-refractivity contribution in [3.05, 3.63) is 22.3 Å². The summed E-state index contributed by atoms with van der Waals surface area (Å²) in [6.07, 6.45) is 9.80. The number of aromatic hydroxyl groups is 1. The first-order chi connectivity index (χ1) is 12.1. The van der Waals surface area contributed by atoms with Gasteiger partial charge in [-0.2, -0.15) is 0 Å². The normalized spacial score (nSPS) is 20.8. The number of benzene rings is 1. The van der Waals surface area contributed by atoms with E-state index in [2.05, 4.69) is 34.6 Å². The molecule has 1 heterocycles. The fourth-order valence-corrected chi connectivity index (χ4v) is 4.31. The maximum atomic E-state index is 10.3. The Balaban J connectivity index is 1.93. The second-order valence-corrected chi connectivity index (χ2v) is 9.41. The van der Waals surface area contributed by atoms with Crippen molar-refractivity contribution in [1.82, 2.24) is 0 Å². The van der Waals surface area contributed by atoms with E-state index in [1.165, 1.54) is 37.7 Å². The van der Waals surface area contributed by atoms with E-state index >= 15 is 0 Å². The maximum absolute atomic E-state index is 10.3. The molecule has 0 radical (unpaired) electrons. The first kappa shape index (κ1) is 21.1. The van der Waals surface area contributed by atoms with Gasteiger partial charge in [-0.05, 0) is 81.9 Å². The zero-order valence-electron chi connectivity index (χ0n) is 18.2. The largest absolute Gasteiger partial charge is 0.507 e. The molecule has 0 aliphatic carbocycles. The van der Waals surface area contributed by atoms with Crippen LogP contribution in [0.1, 0.15) is 94.9 Å². The zero-order chi connectivity index (χ0) is 19.5. The lowest BCUT2D eigenvalue weighted by Crippen LogP contribution is -2.37. The predicted octanol–water partition coefficient (Wildman–Crippen LogP) is 7.03. The fourth-order valence-electron chi connectivity index (χ4n) is 4.31. The molecule has 0 saturated heterocycles. The van der Waals surface area contributed by atoms with Crippen LogP contribution < -0.4 is 4.74 Å². The van der Waals surface area contributed by atoms with Gasteiger partial charge >= 0.3 is 0 Å². The molecular formula is C24H40O2. The van der Waals surface area contributed by atoms with E-state index in [4.69, 9.17) is 4.74 Å². The Morgan fingerprint density at radius 3 is 2.27 bits per heavy atom. The Hall–Kier alpha value is -1.18. The molecule has 1 aromatic carbocycles. The van der Waals surface area contributed by atoms with Crippen LogP contribution in [0.4, 0.5) is 0 Å². The lowest BCUT2D eigenvalue weighted by atomic mass is 9.84. The van der Waals surface area contributed by atoms with Gasteiger partial charge in [-0.15, -0.1) is 0 Å². The van der Waals surface area contributed by atoms with Crippen molar-refractivity contribution in [2.45, 2.75) is 105 Å². The van der Waals surface area contributed by atoms with Crippen molar-refractivity contribution < 1.29 is 9.84 Å². The van der Waals surface area contributed by atoms with Gasteiger partial charge in [-0.25, -0.2) is 0 Å². The molecular weight excluding hydrogens is 320 g/mol. The summed E-state index contributed by atoms with van der Waals surface area (Å²) in [6, 6.07) is 0. The Morgan fingerprint density at radius 2 is 1.62 bits per heavy atom. The molecule has 0 saturated carbocycles. The minimum atomic E-state index is -0.0642. The molecule has 2 heteroatoms. The molecule has 26 heavy (non-hydrogen) atoms. The average Bonchev–Trinajstić information content (AvgIpc) is 2.57. The van der Waals surface area contributed by atoms with Crippen LogP contribution in [0.5, 0.6) is 11.5 Å². The van der Waals surface area contributed by atoms with Gasteiger partial charge in [0, 0.05) is 5.56 Å². The monoisotopic (exact) mass is 360 g/mol. The standard InChI is InChI=1S/C24H40O2/c1-16(2)10-8-11-17(3)12-9-14-24(7)15-13-21-20(6)22(25)18(4)19(5)23(21)26-24/h16-17,25H,8-15H2,1-7H3/t17-,24-/m0/s1. The van der Waals surface area contributed by atoms with Crippen LogP contribution in [0.3, 0.4) is 0 Å². The molecule has 2 nitrogen and oxygen atoms in total. The van der Waals surface area contributed by atoms with E-state index in [0.717, 1.165) is 53.5 Å². The summed E-state index contributed by atoms with van der Waals surface area (Å²) in [6.45, 7) is 15.4. The number of phenols is 1. The Kier molecular flexibility index (Phi) is 7.05. The minimum absolute atomic E-state index is 0.0642. The number of phenolic OH excluding ortho intramolecular Hbond substituents is 1. The highest BCUT2D eigenvalue weighted by Gasteiger charge is 2.34. The van der Waals surface area contributed by atoms with E-state index < -0.39 is 0 Å². The SMILES string of the molecule is Cc1c(C)c2c(c(C)c1O)CC[C@](C)(CCC[C@@H](C)CCCC(C)C)O2. The van der Waals surface area contributed by atoms with Gasteiger partial charge in [0.05, 0.1) is 0 Å². The highest BCUT2D eigenvalue weighted by atomic mass is 16.5. The average molecular weight is 361 g/mol. The second-order valence-electron chi connectivity index (χ2n) is 9.41. The van der Waals surface area contributed by atoms with Gasteiger partial charge in [0.15, 0.2) is 0 Å². The quantitative estimate of drug-likeness (QED) is 0.539. The molecule has 1 aliphatic rings. The molecule has 148 valence electrons. The van der Waals surface area contributed by atoms with Crippen LogP contribution in [0.25, 0.3) is 0 Å². The van der Waals surface area contributed by atoms with Gasteiger partial charge in [0.2, 0.25) is 0 Å². The van der Waals surface area contributed by atoms with Gasteiger partial charge in [-0.3, -0.25) is 0 Å². The van der Waals surface area contributed by atoms with Crippen LogP contribution in [-0.2, 0) is 6.42 Å². The third-order valence-electron chi connectivity index (χ3n) is 6.47. The van der Waals surface area contributed by atoms with Crippen LogP contribution >= 0.6 is 0 Å². The lowest BCUT2D eigenvalue weighted by molar-refractivity contribution is 0.0512. The topological polar surface area (TPSA) is 29.5 Å². The molecule has 0 aromatic heterocycles. The molecule has 2 rings (SSSR count). The van der Waals surface area contributed by atoms with Gasteiger partial charge in [0.1, 0.15) is 17.1 Å². The molecule has 0 bridgehead atoms. The predicted molar refractivity (Wildman–Crippen MR) is 111 cm³/mol. The summed E-state index contributed by atoms with van der Waals surface area (Å²) >= 11 is 0. The zero-order valence-corrected chi connectivity index (χ0v) is 18.2. The van der Waals surface area contributed by atoms with Crippen LogP contribution in [0.15, 0.2) is 0 Å². The maximum Gasteiger partial charge on any atom is 0.127 e. The molecule has 0 fully saturated rings. The summed E-state index contributed by atoms with van der Waals surface area (Å²) in [5.74, 6) is 3.13. The summed E-state index contributed by atoms with van der Waals surface area (Å²) in [5, 5.41) is 10.3. The van der Waals surface area contributed by atoms with E-state index in [0.29, 0.717) is 5.75 Å². The van der Waals surface area contributed by atoms with Crippen LogP contribution in [-0.4, -0.2) is 10.7 Å². The van der Waals surface area contributed by atoms with E-state index in [-0.39, 0.29) is 5.60 Å². The van der Waals surface area contributed by atoms with E-state index in [1.807, 2.05) is 13.8 Å². The number of ether oxygens (including phenoxy) is 1. The Morgan fingerprint density at radius 1 is 0.962 bits per heavy atom. The molecule has 0 spiro atoms. The lowest BCUT2D eigenvalue weighted by Gasteiger charge is -2.38. The first-order valence-corrected chi connectivity index (χ1v) is 10.6. The van der Waals surface area contributed by atoms with Crippen molar-refractivity contribution in [2.75, 3.05) is 0 Å². The Labute approximate surface area is 161 Å². The summed E-state index contributed by atoms with van der Waals surface area (Å²) in [7, 11) is 0. The molecule has 1 aromatic rings. The second kappa shape index (κ2) is 8.67. The summed E-state index contributed by atoms with van der Waals surface area (Å²) in [5.41, 5.74) is 4.22. The number of fused-ring (bicyclic) bond motifs is 1.